The van der Waals surface area contributed by atoms with Crippen molar-refractivity contribution in [2.45, 2.75) is 56.5 Å². The van der Waals surface area contributed by atoms with Gasteiger partial charge in [0.2, 0.25) is 0 Å². The van der Waals surface area contributed by atoms with Crippen LogP contribution in [0.25, 0.3) is 0 Å². The van der Waals surface area contributed by atoms with Crippen LogP contribution in [0, 0.1) is 0 Å². The van der Waals surface area contributed by atoms with Gasteiger partial charge in [-0.2, -0.15) is 0 Å². The van der Waals surface area contributed by atoms with Gasteiger partial charge in [0.15, 0.2) is 5.16 Å². The van der Waals surface area contributed by atoms with E-state index in [0.717, 1.165) is 36.6 Å². The number of nitrogens with one attached hydrogen (secondary N) is 1. The topological polar surface area (TPSA) is 58.1 Å². The first-order valence-electron chi connectivity index (χ1n) is 9.87. The summed E-state index contributed by atoms with van der Waals surface area (Å²) in [4.78, 5) is 23.5. The molecule has 1 amide bonds. The minimum atomic E-state index is -0.0297. The Labute approximate surface area is 176 Å². The van der Waals surface area contributed by atoms with Crippen LogP contribution < -0.4 is 10.2 Å². The number of aromatic nitrogens is 2. The second-order valence-corrected chi connectivity index (χ2v) is 8.48. The van der Waals surface area contributed by atoms with E-state index in [4.69, 9.17) is 11.6 Å². The molecule has 2 aromatic rings. The Morgan fingerprint density at radius 2 is 1.93 bits per heavy atom. The normalized spacial score (nSPS) is 15.3. The van der Waals surface area contributed by atoms with E-state index in [1.54, 1.807) is 11.8 Å². The maximum Gasteiger partial charge on any atom is 0.251 e. The summed E-state index contributed by atoms with van der Waals surface area (Å²) < 4.78 is 0. The summed E-state index contributed by atoms with van der Waals surface area (Å²) in [5.41, 5.74) is 1.80. The maximum absolute atomic E-state index is 12.2. The Bertz CT molecular complexity index is 793. The van der Waals surface area contributed by atoms with Crippen LogP contribution in [0.2, 0.25) is 5.15 Å². The Kier molecular flexibility index (Phi) is 7.57. The van der Waals surface area contributed by atoms with Gasteiger partial charge in [0.1, 0.15) is 11.0 Å². The molecule has 1 saturated heterocycles. The number of thioether (sulfide) groups is 1. The maximum atomic E-state index is 12.2. The lowest BCUT2D eigenvalue weighted by Crippen LogP contribution is -2.31. The molecule has 1 fully saturated rings. The number of hydrogen-bond donors (Lipinski definition) is 1. The third-order valence-electron chi connectivity index (χ3n) is 4.91. The summed E-state index contributed by atoms with van der Waals surface area (Å²) in [7, 11) is 0. The van der Waals surface area contributed by atoms with Gasteiger partial charge in [0.05, 0.1) is 0 Å². The molecule has 0 saturated carbocycles. The van der Waals surface area contributed by atoms with Gasteiger partial charge in [0.25, 0.3) is 5.91 Å². The lowest BCUT2D eigenvalue weighted by Gasteiger charge is -2.27. The molecular weight excluding hydrogens is 392 g/mol. The van der Waals surface area contributed by atoms with Gasteiger partial charge in [0, 0.05) is 36.5 Å². The van der Waals surface area contributed by atoms with Gasteiger partial charge < -0.3 is 10.2 Å². The van der Waals surface area contributed by atoms with Crippen LogP contribution >= 0.6 is 23.4 Å². The number of anilines is 1. The monoisotopic (exact) mass is 418 g/mol. The Morgan fingerprint density at radius 1 is 1.21 bits per heavy atom. The number of carbonyl (C=O) groups is 1. The lowest BCUT2D eigenvalue weighted by molar-refractivity contribution is 0.0939. The van der Waals surface area contributed by atoms with E-state index < -0.39 is 0 Å². The fourth-order valence-electron chi connectivity index (χ4n) is 3.04. The van der Waals surface area contributed by atoms with E-state index in [1.807, 2.05) is 37.3 Å². The van der Waals surface area contributed by atoms with Crippen LogP contribution in [0.15, 0.2) is 35.5 Å². The zero-order valence-electron chi connectivity index (χ0n) is 16.4. The van der Waals surface area contributed by atoms with E-state index in [1.165, 1.54) is 19.3 Å². The SMILES string of the molecule is CC[C@H](C)NC(=O)c1ccc(CSc2nc(Cl)cc(N3CCCCC3)n2)cc1. The van der Waals surface area contributed by atoms with Crippen molar-refractivity contribution < 1.29 is 4.79 Å². The number of halogens is 1. The van der Waals surface area contributed by atoms with Gasteiger partial charge in [-0.3, -0.25) is 4.79 Å². The average Bonchev–Trinajstić information content (AvgIpc) is 2.72. The third-order valence-corrected chi connectivity index (χ3v) is 6.03. The molecule has 1 aliphatic rings. The number of nitrogens with zero attached hydrogens (tertiary/aromatic N) is 3. The van der Waals surface area contributed by atoms with Crippen LogP contribution in [0.4, 0.5) is 5.82 Å². The zero-order chi connectivity index (χ0) is 19.9. The predicted molar refractivity (Wildman–Crippen MR) is 116 cm³/mol. The highest BCUT2D eigenvalue weighted by molar-refractivity contribution is 7.98. The molecule has 0 aliphatic carbocycles. The molecule has 7 heteroatoms. The first kappa shape index (κ1) is 20.9. The fourth-order valence-corrected chi connectivity index (χ4v) is 4.08. The molecule has 0 spiro atoms. The molecule has 1 N–H and O–H groups in total. The van der Waals surface area contributed by atoms with E-state index >= 15 is 0 Å². The number of amides is 1. The Hall–Kier alpha value is -1.79. The Morgan fingerprint density at radius 3 is 2.61 bits per heavy atom. The van der Waals surface area contributed by atoms with E-state index in [2.05, 4.69) is 27.1 Å². The van der Waals surface area contributed by atoms with Crippen molar-refractivity contribution in [1.82, 2.24) is 15.3 Å². The molecule has 150 valence electrons. The van der Waals surface area contributed by atoms with Crippen LogP contribution in [-0.4, -0.2) is 35.0 Å². The van der Waals surface area contributed by atoms with Gasteiger partial charge in [-0.15, -0.1) is 0 Å². The molecule has 0 radical (unpaired) electrons. The molecule has 2 heterocycles. The highest BCUT2D eigenvalue weighted by atomic mass is 35.5. The number of rotatable bonds is 7. The first-order valence-corrected chi connectivity index (χ1v) is 11.2. The summed E-state index contributed by atoms with van der Waals surface area (Å²) in [6.45, 7) is 6.11. The molecule has 28 heavy (non-hydrogen) atoms. The first-order chi connectivity index (χ1) is 13.5. The van der Waals surface area contributed by atoms with Gasteiger partial charge in [-0.05, 0) is 50.3 Å². The van der Waals surface area contributed by atoms with Crippen molar-refractivity contribution in [2.75, 3.05) is 18.0 Å². The predicted octanol–water partition coefficient (Wildman–Crippen LogP) is 4.94. The number of piperidine rings is 1. The van der Waals surface area contributed by atoms with Crippen molar-refractivity contribution in [1.29, 1.82) is 0 Å². The van der Waals surface area contributed by atoms with E-state index in [-0.39, 0.29) is 11.9 Å². The van der Waals surface area contributed by atoms with Crippen molar-refractivity contribution in [3.63, 3.8) is 0 Å². The largest absolute Gasteiger partial charge is 0.356 e. The summed E-state index contributed by atoms with van der Waals surface area (Å²) in [5, 5.41) is 4.15. The number of hydrogen-bond acceptors (Lipinski definition) is 5. The van der Waals surface area contributed by atoms with Crippen LogP contribution in [0.3, 0.4) is 0 Å². The van der Waals surface area contributed by atoms with E-state index in [0.29, 0.717) is 15.9 Å². The minimum Gasteiger partial charge on any atom is -0.356 e. The van der Waals surface area contributed by atoms with Crippen LogP contribution in [-0.2, 0) is 5.75 Å². The molecule has 1 aliphatic heterocycles. The van der Waals surface area contributed by atoms with Gasteiger partial charge in [-0.1, -0.05) is 42.4 Å². The number of benzene rings is 1. The highest BCUT2D eigenvalue weighted by Gasteiger charge is 2.15. The summed E-state index contributed by atoms with van der Waals surface area (Å²) in [5.74, 6) is 1.62. The van der Waals surface area contributed by atoms with Crippen molar-refractivity contribution in [2.24, 2.45) is 0 Å². The molecule has 0 bridgehead atoms. The van der Waals surface area contributed by atoms with Crippen LogP contribution in [0.1, 0.15) is 55.5 Å². The second kappa shape index (κ2) is 10.1. The quantitative estimate of drug-likeness (QED) is 0.392. The van der Waals surface area contributed by atoms with Crippen molar-refractivity contribution >= 4 is 35.1 Å². The molecule has 1 aromatic heterocycles. The molecular formula is C21H27ClN4OS. The Balaban J connectivity index is 1.60. The molecule has 5 nitrogen and oxygen atoms in total. The number of carbonyl (C=O) groups excluding carboxylic acids is 1. The standard InChI is InChI=1S/C21H27ClN4OS/c1-3-15(2)23-20(27)17-9-7-16(8-10-17)14-28-21-24-18(22)13-19(25-21)26-11-5-4-6-12-26/h7-10,13,15H,3-6,11-12,14H2,1-2H3,(H,23,27)/t15-/m0/s1. The average molecular weight is 419 g/mol. The summed E-state index contributed by atoms with van der Waals surface area (Å²) in [6.07, 6.45) is 4.59. The second-order valence-electron chi connectivity index (χ2n) is 7.15. The summed E-state index contributed by atoms with van der Waals surface area (Å²) in [6, 6.07) is 9.72. The van der Waals surface area contributed by atoms with Gasteiger partial charge in [-0.25, -0.2) is 9.97 Å². The fraction of sp³-hybridized carbons (Fsp3) is 0.476. The minimum absolute atomic E-state index is 0.0297. The zero-order valence-corrected chi connectivity index (χ0v) is 18.0. The van der Waals surface area contributed by atoms with Crippen molar-refractivity contribution in [3.8, 4) is 0 Å². The molecule has 1 aromatic carbocycles. The highest BCUT2D eigenvalue weighted by Crippen LogP contribution is 2.26. The lowest BCUT2D eigenvalue weighted by atomic mass is 10.1. The molecule has 3 rings (SSSR count). The van der Waals surface area contributed by atoms with Crippen LogP contribution in [0.5, 0.6) is 0 Å². The van der Waals surface area contributed by atoms with E-state index in [9.17, 15) is 4.79 Å². The smallest absolute Gasteiger partial charge is 0.251 e. The molecule has 1 atom stereocenters. The van der Waals surface area contributed by atoms with Crippen molar-refractivity contribution in [3.05, 3.63) is 46.6 Å². The molecule has 0 unspecified atom stereocenters. The summed E-state index contributed by atoms with van der Waals surface area (Å²) >= 11 is 7.78. The van der Waals surface area contributed by atoms with Gasteiger partial charge >= 0.3 is 0 Å². The third kappa shape index (κ3) is 5.85.